The minimum atomic E-state index is -4.20. The molecule has 7 nitrogen and oxygen atoms in total. The molecule has 0 radical (unpaired) electrons. The lowest BCUT2D eigenvalue weighted by Crippen LogP contribution is -2.45. The number of allylic oxidation sites excluding steroid dienone is 4. The van der Waals surface area contributed by atoms with Gasteiger partial charge in [0, 0.05) is 52.9 Å². The molecule has 252 valence electrons. The van der Waals surface area contributed by atoms with Gasteiger partial charge in [0.05, 0.1) is 6.61 Å². The van der Waals surface area contributed by atoms with Crippen LogP contribution in [0.5, 0.6) is 11.5 Å². The molecule has 9 heteroatoms. The molecular formula is C39H42ClNO6S. The van der Waals surface area contributed by atoms with Crippen LogP contribution in [-0.4, -0.2) is 38.0 Å². The zero-order valence-electron chi connectivity index (χ0n) is 28.1. The van der Waals surface area contributed by atoms with Gasteiger partial charge in [-0.05, 0) is 84.5 Å². The van der Waals surface area contributed by atoms with Crippen molar-refractivity contribution in [2.75, 3.05) is 13.2 Å². The van der Waals surface area contributed by atoms with E-state index in [9.17, 15) is 18.0 Å². The van der Waals surface area contributed by atoms with Crippen molar-refractivity contribution in [3.63, 3.8) is 0 Å². The number of hydrogen-bond acceptors (Lipinski definition) is 7. The monoisotopic (exact) mass is 687 g/mol. The summed E-state index contributed by atoms with van der Waals surface area (Å²) in [4.78, 5) is 30.7. The van der Waals surface area contributed by atoms with Gasteiger partial charge in [0.15, 0.2) is 23.1 Å². The second-order valence-corrected chi connectivity index (χ2v) is 16.5. The molecule has 0 atom stereocenters. The highest BCUT2D eigenvalue weighted by molar-refractivity contribution is 7.87. The van der Waals surface area contributed by atoms with Crippen molar-refractivity contribution in [1.29, 1.82) is 0 Å². The van der Waals surface area contributed by atoms with Gasteiger partial charge in [0.1, 0.15) is 4.90 Å². The molecule has 0 saturated carbocycles. The SMILES string of the molecule is CCOc1cc(C2C3=C(CC(C)(C)CC3=O)N(CCc3ccccc3)C3=C2C(=O)CC(C)(C)C3)ccc1OS(=O)(=O)c1ccc(Cl)cc1. The molecule has 0 spiro atoms. The lowest BCUT2D eigenvalue weighted by molar-refractivity contribution is -0.119. The van der Waals surface area contributed by atoms with E-state index in [1.807, 2.05) is 18.2 Å². The lowest BCUT2D eigenvalue weighted by Gasteiger charge is -2.49. The Kier molecular flexibility index (Phi) is 9.11. The summed E-state index contributed by atoms with van der Waals surface area (Å²) in [6.45, 7) is 11.2. The third-order valence-electron chi connectivity index (χ3n) is 9.39. The molecule has 0 bridgehead atoms. The first-order valence-electron chi connectivity index (χ1n) is 16.5. The Morgan fingerprint density at radius 3 is 1.94 bits per heavy atom. The molecular weight excluding hydrogens is 646 g/mol. The van der Waals surface area contributed by atoms with Crippen LogP contribution in [0, 0.1) is 10.8 Å². The maximum Gasteiger partial charge on any atom is 0.339 e. The van der Waals surface area contributed by atoms with Crippen molar-refractivity contribution >= 4 is 33.3 Å². The Balaban J connectivity index is 1.48. The van der Waals surface area contributed by atoms with Crippen molar-refractivity contribution in [1.82, 2.24) is 4.90 Å². The van der Waals surface area contributed by atoms with Crippen LogP contribution in [0.3, 0.4) is 0 Å². The predicted octanol–water partition coefficient (Wildman–Crippen LogP) is 8.43. The van der Waals surface area contributed by atoms with Gasteiger partial charge >= 0.3 is 10.1 Å². The summed E-state index contributed by atoms with van der Waals surface area (Å²) in [6.07, 6.45) is 2.91. The number of carbonyl (C=O) groups is 2. The normalized spacial score (nSPS) is 19.2. The second kappa shape index (κ2) is 12.9. The molecule has 6 rings (SSSR count). The van der Waals surface area contributed by atoms with Crippen LogP contribution in [0.4, 0.5) is 0 Å². The van der Waals surface area contributed by atoms with E-state index in [-0.39, 0.29) is 45.4 Å². The maximum absolute atomic E-state index is 14.2. The Bertz CT molecular complexity index is 1870. The number of benzene rings is 3. The quantitative estimate of drug-likeness (QED) is 0.209. The van der Waals surface area contributed by atoms with E-state index < -0.39 is 16.0 Å². The van der Waals surface area contributed by atoms with Crippen molar-refractivity contribution in [3.05, 3.63) is 111 Å². The van der Waals surface area contributed by atoms with Crippen LogP contribution in [-0.2, 0) is 26.1 Å². The fraction of sp³-hybridized carbons (Fsp3) is 0.385. The summed E-state index contributed by atoms with van der Waals surface area (Å²) in [5.74, 6) is -0.300. The first-order chi connectivity index (χ1) is 22.7. The molecule has 3 aromatic carbocycles. The number of halogens is 1. The minimum absolute atomic E-state index is 0.0199. The highest BCUT2D eigenvalue weighted by atomic mass is 35.5. The molecule has 1 aliphatic heterocycles. The van der Waals surface area contributed by atoms with Crippen LogP contribution >= 0.6 is 11.6 Å². The molecule has 2 aliphatic carbocycles. The number of hydrogen-bond donors (Lipinski definition) is 0. The molecule has 0 saturated heterocycles. The predicted molar refractivity (Wildman–Crippen MR) is 187 cm³/mol. The number of nitrogens with zero attached hydrogens (tertiary/aromatic N) is 1. The molecule has 3 aliphatic rings. The Morgan fingerprint density at radius 2 is 1.38 bits per heavy atom. The number of ketones is 2. The van der Waals surface area contributed by atoms with E-state index in [2.05, 4.69) is 44.7 Å². The Labute approximate surface area is 288 Å². The van der Waals surface area contributed by atoms with Gasteiger partial charge < -0.3 is 13.8 Å². The van der Waals surface area contributed by atoms with Crippen molar-refractivity contribution < 1.29 is 26.9 Å². The van der Waals surface area contributed by atoms with Crippen LogP contribution in [0.25, 0.3) is 0 Å². The summed E-state index contributed by atoms with van der Waals surface area (Å²) >= 11 is 5.97. The topological polar surface area (TPSA) is 90.0 Å². The average molecular weight is 688 g/mol. The molecule has 0 amide bonds. The summed E-state index contributed by atoms with van der Waals surface area (Å²) in [5, 5.41) is 0.406. The van der Waals surface area contributed by atoms with Gasteiger partial charge in [-0.3, -0.25) is 9.59 Å². The lowest BCUT2D eigenvalue weighted by atomic mass is 9.63. The van der Waals surface area contributed by atoms with Gasteiger partial charge in [-0.15, -0.1) is 0 Å². The number of carbonyl (C=O) groups excluding carboxylic acids is 2. The molecule has 0 aromatic heterocycles. The highest BCUT2D eigenvalue weighted by Gasteiger charge is 2.49. The van der Waals surface area contributed by atoms with Gasteiger partial charge in [0.25, 0.3) is 0 Å². The van der Waals surface area contributed by atoms with Gasteiger partial charge in [0.2, 0.25) is 0 Å². The zero-order chi connectivity index (χ0) is 34.4. The fourth-order valence-corrected chi connectivity index (χ4v) is 8.41. The zero-order valence-corrected chi connectivity index (χ0v) is 29.7. The summed E-state index contributed by atoms with van der Waals surface area (Å²) < 4.78 is 38.0. The fourth-order valence-electron chi connectivity index (χ4n) is 7.35. The molecule has 0 N–H and O–H groups in total. The number of rotatable bonds is 9. The Morgan fingerprint density at radius 1 is 0.792 bits per heavy atom. The van der Waals surface area contributed by atoms with Crippen LogP contribution in [0.2, 0.25) is 5.02 Å². The molecule has 0 unspecified atom stereocenters. The van der Waals surface area contributed by atoms with E-state index in [0.29, 0.717) is 54.0 Å². The average Bonchev–Trinajstić information content (AvgIpc) is 3.00. The Hall–Kier alpha value is -3.88. The van der Waals surface area contributed by atoms with E-state index in [0.717, 1.165) is 17.8 Å². The molecule has 48 heavy (non-hydrogen) atoms. The molecule has 1 heterocycles. The first kappa shape index (κ1) is 34.0. The van der Waals surface area contributed by atoms with Crippen molar-refractivity contribution in [2.45, 2.75) is 77.5 Å². The highest BCUT2D eigenvalue weighted by Crippen LogP contribution is 2.55. The molecule has 0 fully saturated rings. The third-order valence-corrected chi connectivity index (χ3v) is 10.9. The maximum atomic E-state index is 14.2. The van der Waals surface area contributed by atoms with E-state index in [1.54, 1.807) is 25.1 Å². The van der Waals surface area contributed by atoms with E-state index in [4.69, 9.17) is 20.5 Å². The van der Waals surface area contributed by atoms with Crippen molar-refractivity contribution in [3.8, 4) is 11.5 Å². The first-order valence-corrected chi connectivity index (χ1v) is 18.3. The van der Waals surface area contributed by atoms with Crippen LogP contribution < -0.4 is 8.92 Å². The minimum Gasteiger partial charge on any atom is -0.490 e. The smallest absolute Gasteiger partial charge is 0.339 e. The van der Waals surface area contributed by atoms with Crippen LogP contribution in [0.1, 0.15) is 77.3 Å². The van der Waals surface area contributed by atoms with E-state index in [1.165, 1.54) is 29.8 Å². The summed E-state index contributed by atoms with van der Waals surface area (Å²) in [5.41, 5.74) is 4.65. The number of ether oxygens (including phenoxy) is 1. The van der Waals surface area contributed by atoms with Gasteiger partial charge in [-0.25, -0.2) is 0 Å². The summed E-state index contributed by atoms with van der Waals surface area (Å²) in [6, 6.07) is 21.1. The number of Topliss-reactive ketones (excluding diaryl/α,β-unsaturated/α-hetero) is 2. The second-order valence-electron chi connectivity index (χ2n) is 14.6. The summed E-state index contributed by atoms with van der Waals surface area (Å²) in [7, 11) is -4.20. The van der Waals surface area contributed by atoms with Crippen LogP contribution in [0.15, 0.2) is 100 Å². The molecule has 3 aromatic rings. The van der Waals surface area contributed by atoms with Gasteiger partial charge in [-0.2, -0.15) is 8.42 Å². The van der Waals surface area contributed by atoms with Gasteiger partial charge in [-0.1, -0.05) is 75.7 Å². The van der Waals surface area contributed by atoms with E-state index >= 15 is 0 Å². The standard InChI is InChI=1S/C39H42ClNO6S/c1-6-46-34-20-26(12-17-33(34)47-48(44,45)28-15-13-27(40)14-16-28)35-36-29(21-38(2,3)23-31(36)42)41(19-18-25-10-8-7-9-11-25)30-22-39(4,5)24-32(43)37(30)35/h7-17,20,35H,6,18-19,21-24H2,1-5H3. The van der Waals surface area contributed by atoms with Crippen molar-refractivity contribution in [2.24, 2.45) is 10.8 Å². The largest absolute Gasteiger partial charge is 0.490 e. The third kappa shape index (κ3) is 6.83.